The molecular formula is C16H17FN4O2. The molecule has 2 heterocycles. The molecule has 2 aliphatic rings. The zero-order valence-corrected chi connectivity index (χ0v) is 12.8. The fourth-order valence-electron chi connectivity index (χ4n) is 3.19. The van der Waals surface area contributed by atoms with Crippen molar-refractivity contribution in [2.24, 2.45) is 0 Å². The minimum atomic E-state index is -0.477. The van der Waals surface area contributed by atoms with E-state index in [-0.39, 0.29) is 17.8 Å². The topological polar surface area (TPSA) is 67.7 Å². The highest BCUT2D eigenvalue weighted by atomic mass is 19.1. The van der Waals surface area contributed by atoms with E-state index in [0.29, 0.717) is 43.9 Å². The smallest absolute Gasteiger partial charge is 0.310 e. The summed E-state index contributed by atoms with van der Waals surface area (Å²) in [5, 5.41) is 9.13. The van der Waals surface area contributed by atoms with Crippen LogP contribution in [0.15, 0.2) is 18.2 Å². The molecule has 2 fully saturated rings. The molecule has 23 heavy (non-hydrogen) atoms. The Labute approximate surface area is 133 Å². The van der Waals surface area contributed by atoms with Crippen LogP contribution in [0.3, 0.4) is 0 Å². The number of nitrogens with zero attached hydrogens (tertiary/aromatic N) is 4. The van der Waals surface area contributed by atoms with Crippen LogP contribution in [0.5, 0.6) is 0 Å². The Morgan fingerprint density at radius 1 is 1.35 bits per heavy atom. The summed E-state index contributed by atoms with van der Waals surface area (Å²) in [6, 6.07) is 5.43. The number of hydrogen-bond acceptors (Lipinski definition) is 4. The minimum Gasteiger partial charge on any atom is -0.310 e. The zero-order valence-electron chi connectivity index (χ0n) is 12.8. The van der Waals surface area contributed by atoms with Crippen molar-refractivity contribution in [3.8, 4) is 6.07 Å². The number of fused-ring (bicyclic) bond motifs is 1. The van der Waals surface area contributed by atoms with Crippen LogP contribution in [0, 0.1) is 17.1 Å². The number of amides is 3. The number of piperazine rings is 1. The largest absolute Gasteiger partial charge is 0.327 e. The summed E-state index contributed by atoms with van der Waals surface area (Å²) in [5.74, 6) is -0.566. The summed E-state index contributed by atoms with van der Waals surface area (Å²) in [6.45, 7) is 3.99. The number of carbonyl (C=O) groups excluding carboxylic acids is 2. The molecule has 7 heteroatoms. The molecule has 0 radical (unpaired) electrons. The molecule has 1 unspecified atom stereocenters. The van der Waals surface area contributed by atoms with E-state index in [1.165, 1.54) is 23.1 Å². The third kappa shape index (κ3) is 2.66. The highest BCUT2D eigenvalue weighted by Crippen LogP contribution is 2.23. The number of benzene rings is 1. The van der Waals surface area contributed by atoms with Gasteiger partial charge >= 0.3 is 6.03 Å². The van der Waals surface area contributed by atoms with Gasteiger partial charge in [0.05, 0.1) is 11.6 Å². The van der Waals surface area contributed by atoms with Gasteiger partial charge in [0.25, 0.3) is 5.91 Å². The van der Waals surface area contributed by atoms with Gasteiger partial charge in [-0.05, 0) is 30.7 Å². The van der Waals surface area contributed by atoms with Crippen LogP contribution in [0.4, 0.5) is 9.18 Å². The standard InChI is InChI=1S/C16H17FN4O2/c1-2-20-15(22)14-10-19(5-6-21(14)16(20)23)9-12-7-13(17)4-3-11(12)8-18/h3-4,7,14H,2,5-6,9-10H2,1H3. The number of hydrogen-bond donors (Lipinski definition) is 0. The van der Waals surface area contributed by atoms with Gasteiger partial charge in [0.2, 0.25) is 0 Å². The van der Waals surface area contributed by atoms with Crippen molar-refractivity contribution in [1.82, 2.24) is 14.7 Å². The lowest BCUT2D eigenvalue weighted by Gasteiger charge is -2.35. The van der Waals surface area contributed by atoms with Crippen LogP contribution in [0.2, 0.25) is 0 Å². The second-order valence-electron chi connectivity index (χ2n) is 5.72. The Bertz CT molecular complexity index is 700. The first-order chi connectivity index (χ1) is 11.0. The number of halogens is 1. The summed E-state index contributed by atoms with van der Waals surface area (Å²) in [5.41, 5.74) is 1.03. The Morgan fingerprint density at radius 2 is 2.13 bits per heavy atom. The maximum Gasteiger partial charge on any atom is 0.327 e. The fraction of sp³-hybridized carbons (Fsp3) is 0.438. The van der Waals surface area contributed by atoms with E-state index < -0.39 is 6.04 Å². The number of nitriles is 1. The molecule has 0 bridgehead atoms. The lowest BCUT2D eigenvalue weighted by molar-refractivity contribution is -0.129. The van der Waals surface area contributed by atoms with Crippen LogP contribution < -0.4 is 0 Å². The summed E-state index contributed by atoms with van der Waals surface area (Å²) in [7, 11) is 0. The zero-order chi connectivity index (χ0) is 16.6. The molecular weight excluding hydrogens is 299 g/mol. The highest BCUT2D eigenvalue weighted by molar-refractivity contribution is 6.04. The Kier molecular flexibility index (Phi) is 4.01. The van der Waals surface area contributed by atoms with E-state index >= 15 is 0 Å². The van der Waals surface area contributed by atoms with Crippen LogP contribution >= 0.6 is 0 Å². The van der Waals surface area contributed by atoms with E-state index in [9.17, 15) is 14.0 Å². The predicted molar refractivity (Wildman–Crippen MR) is 79.7 cm³/mol. The fourth-order valence-corrected chi connectivity index (χ4v) is 3.19. The lowest BCUT2D eigenvalue weighted by Crippen LogP contribution is -2.52. The molecule has 120 valence electrons. The first-order valence-electron chi connectivity index (χ1n) is 7.58. The minimum absolute atomic E-state index is 0.179. The average molecular weight is 316 g/mol. The molecule has 0 spiro atoms. The van der Waals surface area contributed by atoms with Crippen molar-refractivity contribution in [2.75, 3.05) is 26.2 Å². The summed E-state index contributed by atoms with van der Waals surface area (Å²) in [4.78, 5) is 29.2. The number of likely N-dealkylation sites (N-methyl/N-ethyl adjacent to an activating group) is 1. The van der Waals surface area contributed by atoms with E-state index in [1.807, 2.05) is 4.90 Å². The molecule has 3 amide bonds. The van der Waals surface area contributed by atoms with Gasteiger partial charge in [-0.2, -0.15) is 5.26 Å². The first-order valence-corrected chi connectivity index (χ1v) is 7.58. The van der Waals surface area contributed by atoms with Gasteiger partial charge in [0.1, 0.15) is 11.9 Å². The molecule has 1 aromatic rings. The average Bonchev–Trinajstić information content (AvgIpc) is 2.78. The van der Waals surface area contributed by atoms with Gasteiger partial charge < -0.3 is 4.90 Å². The van der Waals surface area contributed by atoms with Gasteiger partial charge in [0.15, 0.2) is 0 Å². The summed E-state index contributed by atoms with van der Waals surface area (Å²) in [6.07, 6.45) is 0. The van der Waals surface area contributed by atoms with Gasteiger partial charge in [-0.15, -0.1) is 0 Å². The van der Waals surface area contributed by atoms with Crippen LogP contribution in [0.25, 0.3) is 0 Å². The van der Waals surface area contributed by atoms with Crippen molar-refractivity contribution in [1.29, 1.82) is 5.26 Å². The van der Waals surface area contributed by atoms with Gasteiger partial charge in [-0.3, -0.25) is 14.6 Å². The van der Waals surface area contributed by atoms with Crippen molar-refractivity contribution in [3.63, 3.8) is 0 Å². The van der Waals surface area contributed by atoms with E-state index in [1.54, 1.807) is 11.8 Å². The molecule has 0 aliphatic carbocycles. The van der Waals surface area contributed by atoms with E-state index in [0.717, 1.165) is 0 Å². The van der Waals surface area contributed by atoms with E-state index in [2.05, 4.69) is 6.07 Å². The molecule has 0 aromatic heterocycles. The Hall–Kier alpha value is -2.46. The number of carbonyl (C=O) groups is 2. The molecule has 0 saturated carbocycles. The highest BCUT2D eigenvalue weighted by Gasteiger charge is 2.46. The van der Waals surface area contributed by atoms with Gasteiger partial charge in [-0.1, -0.05) is 0 Å². The molecule has 3 rings (SSSR count). The SMILES string of the molecule is CCN1C(=O)C2CN(Cc3cc(F)ccc3C#N)CCN2C1=O. The van der Waals surface area contributed by atoms with Crippen molar-refractivity contribution < 1.29 is 14.0 Å². The van der Waals surface area contributed by atoms with Crippen molar-refractivity contribution in [3.05, 3.63) is 35.1 Å². The molecule has 6 nitrogen and oxygen atoms in total. The maximum atomic E-state index is 13.4. The quantitative estimate of drug-likeness (QED) is 0.785. The number of imide groups is 1. The van der Waals surface area contributed by atoms with E-state index in [4.69, 9.17) is 5.26 Å². The normalized spacial score (nSPS) is 21.5. The summed E-state index contributed by atoms with van der Waals surface area (Å²) < 4.78 is 13.4. The van der Waals surface area contributed by atoms with Crippen molar-refractivity contribution in [2.45, 2.75) is 19.5 Å². The second kappa shape index (κ2) is 5.97. The van der Waals surface area contributed by atoms with Crippen molar-refractivity contribution >= 4 is 11.9 Å². The van der Waals surface area contributed by atoms with Crippen LogP contribution in [-0.2, 0) is 11.3 Å². The third-order valence-corrected chi connectivity index (χ3v) is 4.39. The number of urea groups is 1. The molecule has 1 atom stereocenters. The van der Waals surface area contributed by atoms with Gasteiger partial charge in [0, 0.05) is 32.7 Å². The molecule has 2 saturated heterocycles. The third-order valence-electron chi connectivity index (χ3n) is 4.39. The van der Waals surface area contributed by atoms with Crippen LogP contribution in [0.1, 0.15) is 18.1 Å². The monoisotopic (exact) mass is 316 g/mol. The van der Waals surface area contributed by atoms with Gasteiger partial charge in [-0.25, -0.2) is 9.18 Å². The molecule has 0 N–H and O–H groups in total. The lowest BCUT2D eigenvalue weighted by atomic mass is 10.1. The maximum absolute atomic E-state index is 13.4. The molecule has 1 aromatic carbocycles. The Balaban J connectivity index is 1.76. The Morgan fingerprint density at radius 3 is 2.83 bits per heavy atom. The summed E-state index contributed by atoms with van der Waals surface area (Å²) >= 11 is 0. The number of rotatable bonds is 3. The first kappa shape index (κ1) is 15.4. The molecule has 2 aliphatic heterocycles. The second-order valence-corrected chi connectivity index (χ2v) is 5.72. The predicted octanol–water partition coefficient (Wildman–Crippen LogP) is 1.17. The van der Waals surface area contributed by atoms with Crippen LogP contribution in [-0.4, -0.2) is 58.9 Å².